The number of aromatic nitrogens is 2. The van der Waals surface area contributed by atoms with E-state index in [2.05, 4.69) is 10.1 Å². The third kappa shape index (κ3) is 3.14. The summed E-state index contributed by atoms with van der Waals surface area (Å²) in [5.41, 5.74) is 5.47. The van der Waals surface area contributed by atoms with Gasteiger partial charge in [0.25, 0.3) is 5.89 Å². The first-order valence-electron chi connectivity index (χ1n) is 6.25. The predicted octanol–water partition coefficient (Wildman–Crippen LogP) is 3.22. The molecule has 3 rings (SSSR count). The van der Waals surface area contributed by atoms with Crippen LogP contribution in [0.2, 0.25) is 0 Å². The number of hydrogen-bond donors (Lipinski definition) is 1. The van der Waals surface area contributed by atoms with Crippen LogP contribution in [0.1, 0.15) is 11.6 Å². The summed E-state index contributed by atoms with van der Waals surface area (Å²) in [5, 5.41) is 3.85. The lowest BCUT2D eigenvalue weighted by molar-refractivity contribution is 0.407. The molecule has 0 atom stereocenters. The Labute approximate surface area is 124 Å². The summed E-state index contributed by atoms with van der Waals surface area (Å²) in [7, 11) is 0. The molecular formula is C14H12FN3O2S. The van der Waals surface area contributed by atoms with Gasteiger partial charge in [0.2, 0.25) is 0 Å². The van der Waals surface area contributed by atoms with Crippen molar-refractivity contribution in [1.82, 2.24) is 10.1 Å². The van der Waals surface area contributed by atoms with Gasteiger partial charge in [-0.05, 0) is 24.3 Å². The first kappa shape index (κ1) is 13.8. The van der Waals surface area contributed by atoms with Crippen LogP contribution in [0.25, 0.3) is 11.7 Å². The zero-order valence-corrected chi connectivity index (χ0v) is 11.8. The molecule has 0 bridgehead atoms. The van der Waals surface area contributed by atoms with E-state index in [1.54, 1.807) is 30.3 Å². The first-order valence-corrected chi connectivity index (χ1v) is 7.24. The average molecular weight is 305 g/mol. The van der Waals surface area contributed by atoms with E-state index in [0.717, 1.165) is 0 Å². The summed E-state index contributed by atoms with van der Waals surface area (Å²) < 4.78 is 24.0. The fourth-order valence-corrected chi connectivity index (χ4v) is 2.50. The fraction of sp³-hybridized carbons (Fsp3) is 0.143. The molecule has 21 heavy (non-hydrogen) atoms. The lowest BCUT2D eigenvalue weighted by Gasteiger charge is -1.98. The molecule has 0 saturated heterocycles. The maximum absolute atomic E-state index is 13.5. The number of halogens is 1. The quantitative estimate of drug-likeness (QED) is 0.729. The highest BCUT2D eigenvalue weighted by Gasteiger charge is 2.13. The van der Waals surface area contributed by atoms with Crippen LogP contribution < -0.4 is 5.73 Å². The summed E-state index contributed by atoms with van der Waals surface area (Å²) in [4.78, 5) is 4.77. The van der Waals surface area contributed by atoms with E-state index in [-0.39, 0.29) is 5.82 Å². The molecule has 0 aliphatic rings. The fourth-order valence-electron chi connectivity index (χ4n) is 1.72. The van der Waals surface area contributed by atoms with E-state index in [9.17, 15) is 4.39 Å². The first-order chi connectivity index (χ1) is 10.3. The van der Waals surface area contributed by atoms with Crippen LogP contribution in [-0.2, 0) is 12.3 Å². The molecule has 0 fully saturated rings. The minimum atomic E-state index is -0.259. The highest BCUT2D eigenvalue weighted by atomic mass is 32.2. The Hall–Kier alpha value is -2.12. The van der Waals surface area contributed by atoms with E-state index in [4.69, 9.17) is 14.7 Å². The van der Waals surface area contributed by atoms with Gasteiger partial charge < -0.3 is 14.7 Å². The molecule has 2 N–H and O–H groups in total. The topological polar surface area (TPSA) is 78.1 Å². The minimum absolute atomic E-state index is 0.259. The van der Waals surface area contributed by atoms with Crippen LogP contribution in [-0.4, -0.2) is 10.1 Å². The lowest BCUT2D eigenvalue weighted by atomic mass is 10.3. The van der Waals surface area contributed by atoms with Gasteiger partial charge in [0.15, 0.2) is 11.6 Å². The summed E-state index contributed by atoms with van der Waals surface area (Å²) in [6.07, 6.45) is 0. The molecule has 3 aromatic rings. The van der Waals surface area contributed by atoms with E-state index in [0.29, 0.717) is 40.4 Å². The van der Waals surface area contributed by atoms with Crippen LogP contribution in [0.15, 0.2) is 50.2 Å². The maximum atomic E-state index is 13.5. The molecule has 7 heteroatoms. The molecule has 0 unspecified atom stereocenters. The number of rotatable bonds is 5. The second kappa shape index (κ2) is 6.11. The van der Waals surface area contributed by atoms with Gasteiger partial charge in [-0.15, -0.1) is 11.8 Å². The zero-order chi connectivity index (χ0) is 14.7. The van der Waals surface area contributed by atoms with Gasteiger partial charge in [-0.2, -0.15) is 4.98 Å². The largest absolute Gasteiger partial charge is 0.455 e. The van der Waals surface area contributed by atoms with Gasteiger partial charge >= 0.3 is 0 Å². The number of hydrogen-bond acceptors (Lipinski definition) is 6. The summed E-state index contributed by atoms with van der Waals surface area (Å²) in [5.74, 6) is 2.04. The summed E-state index contributed by atoms with van der Waals surface area (Å²) in [6.45, 7) is 0.310. The van der Waals surface area contributed by atoms with Crippen molar-refractivity contribution >= 4 is 11.8 Å². The van der Waals surface area contributed by atoms with Crippen molar-refractivity contribution in [2.75, 3.05) is 0 Å². The SMILES string of the molecule is NCc1ccc(-c2nc(CSc3ccccc3F)no2)o1. The van der Waals surface area contributed by atoms with Gasteiger partial charge in [0.05, 0.1) is 12.3 Å². The molecule has 1 aromatic carbocycles. The van der Waals surface area contributed by atoms with Crippen molar-refractivity contribution in [2.45, 2.75) is 17.2 Å². The van der Waals surface area contributed by atoms with E-state index in [1.165, 1.54) is 17.8 Å². The van der Waals surface area contributed by atoms with Crippen molar-refractivity contribution in [2.24, 2.45) is 5.73 Å². The number of nitrogens with zero attached hydrogens (tertiary/aromatic N) is 2. The summed E-state index contributed by atoms with van der Waals surface area (Å²) >= 11 is 1.31. The molecule has 0 spiro atoms. The molecule has 2 aromatic heterocycles. The van der Waals surface area contributed by atoms with Gasteiger partial charge in [-0.25, -0.2) is 4.39 Å². The van der Waals surface area contributed by atoms with Crippen LogP contribution in [0.5, 0.6) is 0 Å². The third-order valence-electron chi connectivity index (χ3n) is 2.74. The molecule has 0 saturated carbocycles. The summed E-state index contributed by atoms with van der Waals surface area (Å²) in [6, 6.07) is 10.0. The van der Waals surface area contributed by atoms with Gasteiger partial charge in [0, 0.05) is 4.90 Å². The van der Waals surface area contributed by atoms with E-state index >= 15 is 0 Å². The van der Waals surface area contributed by atoms with Crippen LogP contribution in [0.3, 0.4) is 0 Å². The normalized spacial score (nSPS) is 11.0. The predicted molar refractivity (Wildman–Crippen MR) is 75.9 cm³/mol. The van der Waals surface area contributed by atoms with Gasteiger partial charge in [-0.1, -0.05) is 17.3 Å². The Morgan fingerprint density at radius 3 is 2.81 bits per heavy atom. The number of furan rings is 1. The second-order valence-corrected chi connectivity index (χ2v) is 5.22. The molecule has 2 heterocycles. The standard InChI is InChI=1S/C14H12FN3O2S/c15-10-3-1-2-4-12(10)21-8-13-17-14(20-18-13)11-6-5-9(7-16)19-11/h1-6H,7-8,16H2. The second-order valence-electron chi connectivity index (χ2n) is 4.20. The van der Waals surface area contributed by atoms with Crippen molar-refractivity contribution in [3.8, 4) is 11.7 Å². The Morgan fingerprint density at radius 1 is 1.19 bits per heavy atom. The molecule has 0 radical (unpaired) electrons. The zero-order valence-electron chi connectivity index (χ0n) is 11.0. The Morgan fingerprint density at radius 2 is 2.05 bits per heavy atom. The molecular weight excluding hydrogens is 293 g/mol. The molecule has 0 amide bonds. The molecule has 0 aliphatic heterocycles. The third-order valence-corrected chi connectivity index (χ3v) is 3.78. The van der Waals surface area contributed by atoms with Crippen LogP contribution in [0, 0.1) is 5.82 Å². The smallest absolute Gasteiger partial charge is 0.293 e. The van der Waals surface area contributed by atoms with E-state index < -0.39 is 0 Å². The highest BCUT2D eigenvalue weighted by molar-refractivity contribution is 7.98. The highest BCUT2D eigenvalue weighted by Crippen LogP contribution is 2.26. The number of thioether (sulfide) groups is 1. The van der Waals surface area contributed by atoms with Crippen LogP contribution >= 0.6 is 11.8 Å². The monoisotopic (exact) mass is 305 g/mol. The maximum Gasteiger partial charge on any atom is 0.293 e. The molecule has 0 aliphatic carbocycles. The lowest BCUT2D eigenvalue weighted by Crippen LogP contribution is -1.92. The van der Waals surface area contributed by atoms with Crippen molar-refractivity contribution < 1.29 is 13.3 Å². The van der Waals surface area contributed by atoms with Gasteiger partial charge in [0.1, 0.15) is 11.6 Å². The minimum Gasteiger partial charge on any atom is -0.455 e. The van der Waals surface area contributed by atoms with Crippen molar-refractivity contribution in [3.05, 3.63) is 53.8 Å². The Bertz CT molecular complexity index is 741. The molecule has 108 valence electrons. The Kier molecular flexibility index (Phi) is 4.03. The van der Waals surface area contributed by atoms with Crippen molar-refractivity contribution in [3.63, 3.8) is 0 Å². The van der Waals surface area contributed by atoms with Crippen LogP contribution in [0.4, 0.5) is 4.39 Å². The molecule has 5 nitrogen and oxygen atoms in total. The Balaban J connectivity index is 1.69. The van der Waals surface area contributed by atoms with E-state index in [1.807, 2.05) is 0 Å². The van der Waals surface area contributed by atoms with Gasteiger partial charge in [-0.3, -0.25) is 0 Å². The number of nitrogens with two attached hydrogens (primary N) is 1. The van der Waals surface area contributed by atoms with Crippen molar-refractivity contribution in [1.29, 1.82) is 0 Å². The average Bonchev–Trinajstić information content (AvgIpc) is 3.15. The number of benzene rings is 1.